The first-order valence-corrected chi connectivity index (χ1v) is 13.6. The molecule has 5 aliphatic rings. The van der Waals surface area contributed by atoms with Crippen LogP contribution >= 0.6 is 0 Å². The molecule has 1 heterocycles. The highest BCUT2D eigenvalue weighted by molar-refractivity contribution is 5.92. The monoisotopic (exact) mass is 504 g/mol. The zero-order valence-corrected chi connectivity index (χ0v) is 22.8. The maximum Gasteiger partial charge on any atom is 0.164 e. The van der Waals surface area contributed by atoms with E-state index in [2.05, 4.69) is 13.0 Å². The lowest BCUT2D eigenvalue weighted by molar-refractivity contribution is -0.347. The second-order valence-electron chi connectivity index (χ2n) is 14.4. The van der Waals surface area contributed by atoms with Crippen molar-refractivity contribution in [3.8, 4) is 0 Å². The van der Waals surface area contributed by atoms with E-state index in [0.717, 1.165) is 5.57 Å². The van der Waals surface area contributed by atoms with Crippen LogP contribution in [0.25, 0.3) is 0 Å². The van der Waals surface area contributed by atoms with Gasteiger partial charge in [0.2, 0.25) is 0 Å². The summed E-state index contributed by atoms with van der Waals surface area (Å²) >= 11 is 0. The van der Waals surface area contributed by atoms with Crippen molar-refractivity contribution in [1.82, 2.24) is 0 Å². The number of aliphatic hydroxyl groups is 4. The Morgan fingerprint density at radius 1 is 1.11 bits per heavy atom. The smallest absolute Gasteiger partial charge is 0.164 e. The summed E-state index contributed by atoms with van der Waals surface area (Å²) in [6, 6.07) is 0. The Labute approximate surface area is 214 Å². The van der Waals surface area contributed by atoms with Gasteiger partial charge in [-0.1, -0.05) is 39.3 Å². The molecule has 0 aromatic carbocycles. The zero-order valence-electron chi connectivity index (χ0n) is 22.8. The molecule has 7 heteroatoms. The average Bonchev–Trinajstić information content (AvgIpc) is 2.92. The maximum absolute atomic E-state index is 14.2. The van der Waals surface area contributed by atoms with Crippen molar-refractivity contribution in [1.29, 1.82) is 0 Å². The number of hydrogen-bond acceptors (Lipinski definition) is 7. The van der Waals surface area contributed by atoms with E-state index in [4.69, 9.17) is 4.74 Å². The van der Waals surface area contributed by atoms with E-state index >= 15 is 0 Å². The van der Waals surface area contributed by atoms with Crippen molar-refractivity contribution in [2.75, 3.05) is 0 Å². The Kier molecular flexibility index (Phi) is 5.52. The van der Waals surface area contributed by atoms with Gasteiger partial charge in [-0.15, -0.1) is 0 Å². The van der Waals surface area contributed by atoms with Gasteiger partial charge in [0, 0.05) is 29.1 Å². The van der Waals surface area contributed by atoms with Crippen LogP contribution in [0, 0.1) is 34.0 Å². The topological polar surface area (TPSA) is 124 Å². The number of ether oxygens (including phenoxy) is 1. The molecule has 1 aliphatic heterocycles. The maximum atomic E-state index is 14.2. The Balaban J connectivity index is 1.52. The summed E-state index contributed by atoms with van der Waals surface area (Å²) < 4.78 is 6.60. The van der Waals surface area contributed by atoms with Crippen LogP contribution < -0.4 is 0 Å². The highest BCUT2D eigenvalue weighted by Gasteiger charge is 2.83. The number of fused-ring (bicyclic) bond motifs is 4. The lowest BCUT2D eigenvalue weighted by Gasteiger charge is -2.70. The van der Waals surface area contributed by atoms with E-state index in [9.17, 15) is 30.0 Å². The fourth-order valence-corrected chi connectivity index (χ4v) is 9.49. The Hall–Kier alpha value is -1.12. The highest BCUT2D eigenvalue weighted by Crippen LogP contribution is 2.76. The molecule has 3 saturated carbocycles. The summed E-state index contributed by atoms with van der Waals surface area (Å²) in [5.74, 6) is -0.860. The number of ketones is 2. The van der Waals surface area contributed by atoms with Crippen LogP contribution in [0.4, 0.5) is 0 Å². The predicted octanol–water partition coefficient (Wildman–Crippen LogP) is 2.71. The molecule has 4 N–H and O–H groups in total. The fourth-order valence-electron chi connectivity index (χ4n) is 9.49. The largest absolute Gasteiger partial charge is 0.393 e. The second kappa shape index (κ2) is 7.50. The van der Waals surface area contributed by atoms with Gasteiger partial charge in [0.05, 0.1) is 35.4 Å². The molecule has 4 aliphatic carbocycles. The van der Waals surface area contributed by atoms with E-state index in [-0.39, 0.29) is 36.2 Å². The summed E-state index contributed by atoms with van der Waals surface area (Å²) in [6.07, 6.45) is 1.59. The van der Waals surface area contributed by atoms with Crippen molar-refractivity contribution >= 4 is 11.6 Å². The number of hydrogen-bond donors (Lipinski definition) is 4. The van der Waals surface area contributed by atoms with E-state index in [1.807, 2.05) is 20.8 Å². The molecular weight excluding hydrogens is 460 g/mol. The summed E-state index contributed by atoms with van der Waals surface area (Å²) in [5, 5.41) is 43.0. The molecule has 7 nitrogen and oxygen atoms in total. The number of Topliss-reactive ketones (excluding diaryl/α,β-unsaturated/α-hetero) is 2. The molecule has 1 saturated heterocycles. The van der Waals surface area contributed by atoms with E-state index < -0.39 is 57.3 Å². The Morgan fingerprint density at radius 2 is 1.75 bits per heavy atom. The van der Waals surface area contributed by atoms with Gasteiger partial charge < -0.3 is 25.2 Å². The molecule has 1 spiro atoms. The Morgan fingerprint density at radius 3 is 2.36 bits per heavy atom. The quantitative estimate of drug-likeness (QED) is 0.434. The van der Waals surface area contributed by atoms with Crippen LogP contribution in [0.2, 0.25) is 0 Å². The number of allylic oxidation sites excluding steroid dienone is 1. The summed E-state index contributed by atoms with van der Waals surface area (Å²) in [4.78, 5) is 27.5. The van der Waals surface area contributed by atoms with Gasteiger partial charge in [-0.2, -0.15) is 0 Å². The first kappa shape index (κ1) is 26.5. The molecule has 36 heavy (non-hydrogen) atoms. The normalized spacial score (nSPS) is 51.3. The minimum atomic E-state index is -1.18. The van der Waals surface area contributed by atoms with Gasteiger partial charge in [0.1, 0.15) is 11.4 Å². The lowest BCUT2D eigenvalue weighted by Crippen LogP contribution is -2.78. The fraction of sp³-hybridized carbons (Fsp3) is 0.862. The van der Waals surface area contributed by atoms with Gasteiger partial charge in [-0.25, -0.2) is 0 Å². The third-order valence-electron chi connectivity index (χ3n) is 11.5. The van der Waals surface area contributed by atoms with Crippen molar-refractivity contribution in [3.63, 3.8) is 0 Å². The van der Waals surface area contributed by atoms with Crippen molar-refractivity contribution < 1.29 is 34.8 Å². The van der Waals surface area contributed by atoms with E-state index in [0.29, 0.717) is 25.7 Å². The number of carbonyl (C=O) groups is 2. The van der Waals surface area contributed by atoms with Crippen LogP contribution in [-0.4, -0.2) is 67.1 Å². The third kappa shape index (κ3) is 3.04. The predicted molar refractivity (Wildman–Crippen MR) is 133 cm³/mol. The van der Waals surface area contributed by atoms with Crippen LogP contribution in [0.5, 0.6) is 0 Å². The number of carbonyl (C=O) groups excluding carboxylic acids is 2. The van der Waals surface area contributed by atoms with Crippen LogP contribution in [0.3, 0.4) is 0 Å². The third-order valence-corrected chi connectivity index (χ3v) is 11.5. The van der Waals surface area contributed by atoms with Crippen LogP contribution in [0.15, 0.2) is 11.6 Å². The molecule has 0 bridgehead atoms. The molecule has 0 aromatic rings. The zero-order chi connectivity index (χ0) is 26.9. The molecule has 10 unspecified atom stereocenters. The van der Waals surface area contributed by atoms with Crippen LogP contribution in [-0.2, 0) is 14.3 Å². The van der Waals surface area contributed by atoms with Crippen molar-refractivity contribution in [2.45, 2.75) is 122 Å². The van der Waals surface area contributed by atoms with Crippen molar-refractivity contribution in [2.24, 2.45) is 34.0 Å². The van der Waals surface area contributed by atoms with E-state index in [1.165, 1.54) is 0 Å². The van der Waals surface area contributed by atoms with Gasteiger partial charge in [-0.3, -0.25) is 9.59 Å². The molecule has 0 aromatic heterocycles. The molecular formula is C29H44O7. The molecule has 5 rings (SSSR count). The SMILES string of the molecule is CC(C)(O)CCC(=O)C1(C)OC23CC(=O)C4(C)C5CC(O)C(O)C(C)(C)C5=CCC4C2(C)CC(O)C13. The molecule has 4 fully saturated rings. The average molecular weight is 505 g/mol. The molecule has 10 atom stereocenters. The van der Waals surface area contributed by atoms with Crippen LogP contribution in [0.1, 0.15) is 87.0 Å². The van der Waals surface area contributed by atoms with Gasteiger partial charge in [0.15, 0.2) is 5.78 Å². The molecule has 0 radical (unpaired) electrons. The van der Waals surface area contributed by atoms with Gasteiger partial charge >= 0.3 is 0 Å². The second-order valence-corrected chi connectivity index (χ2v) is 14.4. The van der Waals surface area contributed by atoms with Gasteiger partial charge in [-0.05, 0) is 58.3 Å². The standard InChI is InChI=1S/C29H44O7/c1-24(2,35)11-10-20(32)28(7)22-18(31)13-26(5)19-9-8-15-16(12-17(30)23(34)25(15,3)4)27(19,6)21(33)14-29(22,26)36-28/h8,16-19,22-23,30-31,34-35H,9-14H2,1-7H3. The number of rotatable bonds is 4. The first-order valence-electron chi connectivity index (χ1n) is 13.6. The molecule has 202 valence electrons. The first-order chi connectivity index (χ1) is 16.4. The van der Waals surface area contributed by atoms with Gasteiger partial charge in [0.25, 0.3) is 0 Å². The molecule has 0 amide bonds. The van der Waals surface area contributed by atoms with Crippen molar-refractivity contribution in [3.05, 3.63) is 11.6 Å². The van der Waals surface area contributed by atoms with E-state index in [1.54, 1.807) is 20.8 Å². The summed E-state index contributed by atoms with van der Waals surface area (Å²) in [7, 11) is 0. The lowest BCUT2D eigenvalue weighted by atomic mass is 9.39. The highest BCUT2D eigenvalue weighted by atomic mass is 16.6. The number of aliphatic hydroxyl groups excluding tert-OH is 3. The minimum Gasteiger partial charge on any atom is -0.393 e. The summed E-state index contributed by atoms with van der Waals surface area (Å²) in [5.41, 5.74) is -3.93. The Bertz CT molecular complexity index is 1030. The minimum absolute atomic E-state index is 0.0602. The summed E-state index contributed by atoms with van der Waals surface area (Å²) in [6.45, 7) is 13.1.